The van der Waals surface area contributed by atoms with Crippen LogP contribution in [0.25, 0.3) is 0 Å². The largest absolute Gasteiger partial charge is 0.478 e. The Balaban J connectivity index is 1.82. The Morgan fingerprint density at radius 3 is 2.86 bits per heavy atom. The van der Waals surface area contributed by atoms with E-state index >= 15 is 0 Å². The van der Waals surface area contributed by atoms with Gasteiger partial charge < -0.3 is 5.11 Å². The molecule has 21 heavy (non-hydrogen) atoms. The summed E-state index contributed by atoms with van der Waals surface area (Å²) in [4.78, 5) is 19.2. The number of carboxylic acids is 1. The maximum absolute atomic E-state index is 11.0. The molecule has 2 heterocycles. The number of carboxylic acid groups (broad SMARTS) is 1. The zero-order valence-electron chi connectivity index (χ0n) is 11.4. The van der Waals surface area contributed by atoms with Crippen molar-refractivity contribution < 1.29 is 9.90 Å². The van der Waals surface area contributed by atoms with Gasteiger partial charge in [0, 0.05) is 6.20 Å². The molecule has 0 spiro atoms. The van der Waals surface area contributed by atoms with Gasteiger partial charge in [-0.1, -0.05) is 12.8 Å². The molecule has 1 aliphatic rings. The summed E-state index contributed by atoms with van der Waals surface area (Å²) in [5.74, 6) is -1.03. The van der Waals surface area contributed by atoms with Gasteiger partial charge in [0.2, 0.25) is 5.16 Å². The highest BCUT2D eigenvalue weighted by Gasteiger charge is 2.22. The first kappa shape index (κ1) is 13.9. The minimum atomic E-state index is -1.03. The van der Waals surface area contributed by atoms with Gasteiger partial charge in [0.1, 0.15) is 0 Å². The first-order chi connectivity index (χ1) is 10.1. The lowest BCUT2D eigenvalue weighted by Gasteiger charge is -2.10. The summed E-state index contributed by atoms with van der Waals surface area (Å²) >= 11 is 1.25. The molecule has 1 fully saturated rings. The molecular weight excluding hydrogens is 292 g/mol. The Morgan fingerprint density at radius 2 is 2.19 bits per heavy atom. The monoisotopic (exact) mass is 306 g/mol. The molecule has 9 heteroatoms. The zero-order valence-corrected chi connectivity index (χ0v) is 12.2. The number of carbonyl (C=O) groups is 1. The van der Waals surface area contributed by atoms with Crippen LogP contribution in [0, 0.1) is 6.92 Å². The Bertz CT molecular complexity index is 668. The van der Waals surface area contributed by atoms with Gasteiger partial charge >= 0.3 is 5.97 Å². The predicted octanol–water partition coefficient (Wildman–Crippen LogP) is 1.74. The molecule has 8 nitrogen and oxygen atoms in total. The van der Waals surface area contributed by atoms with E-state index in [-0.39, 0.29) is 5.56 Å². The SMILES string of the molecule is Cc1nc(Sc2nnnn2C2CCCC2)ncc1C(=O)O. The molecule has 0 radical (unpaired) electrons. The van der Waals surface area contributed by atoms with Crippen molar-refractivity contribution >= 4 is 17.7 Å². The van der Waals surface area contributed by atoms with Gasteiger partial charge in [0.25, 0.3) is 0 Å². The van der Waals surface area contributed by atoms with Crippen molar-refractivity contribution in [2.75, 3.05) is 0 Å². The summed E-state index contributed by atoms with van der Waals surface area (Å²) in [7, 11) is 0. The molecule has 0 amide bonds. The van der Waals surface area contributed by atoms with E-state index in [9.17, 15) is 4.79 Å². The standard InChI is InChI=1S/C12H14N6O2S/c1-7-9(10(19)20)6-13-11(14-7)21-12-15-16-17-18(12)8-4-2-3-5-8/h6,8H,2-5H2,1H3,(H,19,20). The second-order valence-electron chi connectivity index (χ2n) is 4.90. The molecular formula is C12H14N6O2S. The Kier molecular flexibility index (Phi) is 3.82. The number of nitrogens with zero attached hydrogens (tertiary/aromatic N) is 6. The molecule has 0 saturated heterocycles. The van der Waals surface area contributed by atoms with E-state index in [4.69, 9.17) is 5.11 Å². The number of rotatable bonds is 4. The van der Waals surface area contributed by atoms with Crippen LogP contribution in [-0.2, 0) is 0 Å². The van der Waals surface area contributed by atoms with Crippen LogP contribution in [0.15, 0.2) is 16.5 Å². The third-order valence-corrected chi connectivity index (χ3v) is 4.33. The van der Waals surface area contributed by atoms with Crippen LogP contribution in [0.4, 0.5) is 0 Å². The van der Waals surface area contributed by atoms with Gasteiger partial charge in [-0.05, 0) is 42.0 Å². The number of hydrogen-bond acceptors (Lipinski definition) is 7. The van der Waals surface area contributed by atoms with Crippen LogP contribution >= 0.6 is 11.8 Å². The normalized spacial score (nSPS) is 15.5. The highest BCUT2D eigenvalue weighted by molar-refractivity contribution is 7.99. The fourth-order valence-corrected chi connectivity index (χ4v) is 3.22. The Hall–Kier alpha value is -2.03. The lowest BCUT2D eigenvalue weighted by Crippen LogP contribution is -2.09. The van der Waals surface area contributed by atoms with Crippen molar-refractivity contribution in [2.45, 2.75) is 49.0 Å². The average molecular weight is 306 g/mol. The quantitative estimate of drug-likeness (QED) is 0.851. The molecule has 0 bridgehead atoms. The lowest BCUT2D eigenvalue weighted by molar-refractivity contribution is 0.0695. The average Bonchev–Trinajstić information content (AvgIpc) is 3.08. The number of aromatic nitrogens is 6. The van der Waals surface area contributed by atoms with Crippen molar-refractivity contribution in [3.05, 3.63) is 17.5 Å². The van der Waals surface area contributed by atoms with Crippen molar-refractivity contribution in [3.8, 4) is 0 Å². The molecule has 0 aromatic carbocycles. The van der Waals surface area contributed by atoms with Crippen LogP contribution in [0.5, 0.6) is 0 Å². The van der Waals surface area contributed by atoms with Gasteiger partial charge in [-0.25, -0.2) is 19.4 Å². The van der Waals surface area contributed by atoms with E-state index in [0.717, 1.165) is 12.8 Å². The Labute approximate surface area is 125 Å². The fraction of sp³-hybridized carbons (Fsp3) is 0.500. The third kappa shape index (κ3) is 2.87. The molecule has 2 aromatic heterocycles. The lowest BCUT2D eigenvalue weighted by atomic mass is 10.2. The van der Waals surface area contributed by atoms with Gasteiger partial charge in [0.15, 0.2) is 5.16 Å². The van der Waals surface area contributed by atoms with Crippen LogP contribution in [0.3, 0.4) is 0 Å². The number of aromatic carboxylic acids is 1. The fourth-order valence-electron chi connectivity index (χ4n) is 2.42. The van der Waals surface area contributed by atoms with Gasteiger partial charge in [-0.15, -0.1) is 5.10 Å². The highest BCUT2D eigenvalue weighted by atomic mass is 32.2. The van der Waals surface area contributed by atoms with Gasteiger partial charge in [-0.2, -0.15) is 0 Å². The van der Waals surface area contributed by atoms with E-state index in [0.29, 0.717) is 22.0 Å². The summed E-state index contributed by atoms with van der Waals surface area (Å²) in [5.41, 5.74) is 0.537. The molecule has 0 atom stereocenters. The van der Waals surface area contributed by atoms with Crippen molar-refractivity contribution in [2.24, 2.45) is 0 Å². The summed E-state index contributed by atoms with van der Waals surface area (Å²) in [5, 5.41) is 21.9. The summed E-state index contributed by atoms with van der Waals surface area (Å²) < 4.78 is 1.82. The van der Waals surface area contributed by atoms with Crippen molar-refractivity contribution in [3.63, 3.8) is 0 Å². The summed E-state index contributed by atoms with van der Waals surface area (Å²) in [6.45, 7) is 1.65. The smallest absolute Gasteiger partial charge is 0.339 e. The van der Waals surface area contributed by atoms with E-state index in [2.05, 4.69) is 25.5 Å². The van der Waals surface area contributed by atoms with Crippen molar-refractivity contribution in [1.29, 1.82) is 0 Å². The zero-order chi connectivity index (χ0) is 14.8. The molecule has 2 aromatic rings. The van der Waals surface area contributed by atoms with Gasteiger partial charge in [0.05, 0.1) is 17.3 Å². The van der Waals surface area contributed by atoms with E-state index in [1.807, 2.05) is 4.68 Å². The topological polar surface area (TPSA) is 107 Å². The molecule has 1 aliphatic carbocycles. The van der Waals surface area contributed by atoms with Crippen LogP contribution in [0.1, 0.15) is 47.8 Å². The highest BCUT2D eigenvalue weighted by Crippen LogP contribution is 2.32. The maximum atomic E-state index is 11.0. The molecule has 0 aliphatic heterocycles. The van der Waals surface area contributed by atoms with Crippen molar-refractivity contribution in [1.82, 2.24) is 30.2 Å². The number of hydrogen-bond donors (Lipinski definition) is 1. The van der Waals surface area contributed by atoms with E-state index in [1.54, 1.807) is 6.92 Å². The second kappa shape index (κ2) is 5.76. The maximum Gasteiger partial charge on any atom is 0.339 e. The second-order valence-corrected chi connectivity index (χ2v) is 5.84. The number of aryl methyl sites for hydroxylation is 1. The van der Waals surface area contributed by atoms with Crippen LogP contribution < -0.4 is 0 Å². The number of tetrazole rings is 1. The molecule has 1 N–H and O–H groups in total. The summed E-state index contributed by atoms with van der Waals surface area (Å²) in [6, 6.07) is 0.335. The Morgan fingerprint density at radius 1 is 1.43 bits per heavy atom. The first-order valence-electron chi connectivity index (χ1n) is 6.68. The predicted molar refractivity (Wildman–Crippen MR) is 73.2 cm³/mol. The minimum absolute atomic E-state index is 0.106. The third-order valence-electron chi connectivity index (χ3n) is 3.50. The summed E-state index contributed by atoms with van der Waals surface area (Å²) in [6.07, 6.45) is 5.86. The minimum Gasteiger partial charge on any atom is -0.478 e. The van der Waals surface area contributed by atoms with Gasteiger partial charge in [-0.3, -0.25) is 0 Å². The molecule has 3 rings (SSSR count). The van der Waals surface area contributed by atoms with E-state index in [1.165, 1.54) is 30.8 Å². The van der Waals surface area contributed by atoms with E-state index < -0.39 is 5.97 Å². The molecule has 0 unspecified atom stereocenters. The van der Waals surface area contributed by atoms with Crippen LogP contribution in [0.2, 0.25) is 0 Å². The molecule has 1 saturated carbocycles. The molecule has 110 valence electrons. The first-order valence-corrected chi connectivity index (χ1v) is 7.49. The van der Waals surface area contributed by atoms with Crippen LogP contribution in [-0.4, -0.2) is 41.3 Å².